The molecule has 0 aliphatic carbocycles. The van der Waals surface area contributed by atoms with Crippen molar-refractivity contribution in [3.63, 3.8) is 0 Å². The zero-order valence-electron chi connectivity index (χ0n) is 16.6. The monoisotopic (exact) mass is 415 g/mol. The van der Waals surface area contributed by atoms with Crippen molar-refractivity contribution < 1.29 is 18.0 Å². The van der Waals surface area contributed by atoms with E-state index in [0.717, 1.165) is 28.9 Å². The highest BCUT2D eigenvalue weighted by atomic mass is 32.2. The van der Waals surface area contributed by atoms with E-state index in [1.54, 1.807) is 17.0 Å². The normalized spacial score (nSPS) is 13.2. The Kier molecular flexibility index (Phi) is 6.34. The molecule has 2 aromatic rings. The number of benzene rings is 2. The van der Waals surface area contributed by atoms with Gasteiger partial charge in [-0.1, -0.05) is 25.1 Å². The minimum Gasteiger partial charge on any atom is -0.326 e. The highest BCUT2D eigenvalue weighted by molar-refractivity contribution is 7.89. The third kappa shape index (κ3) is 4.83. The number of hydrogen-bond acceptors (Lipinski definition) is 4. The van der Waals surface area contributed by atoms with Crippen molar-refractivity contribution in [3.8, 4) is 0 Å². The summed E-state index contributed by atoms with van der Waals surface area (Å²) < 4.78 is 27.6. The number of para-hydroxylation sites is 1. The molecule has 0 saturated heterocycles. The highest BCUT2D eigenvalue weighted by Gasteiger charge is 2.24. The second-order valence-electron chi connectivity index (χ2n) is 6.92. The van der Waals surface area contributed by atoms with Gasteiger partial charge in [-0.15, -0.1) is 0 Å². The van der Waals surface area contributed by atoms with E-state index in [1.807, 2.05) is 31.2 Å². The van der Waals surface area contributed by atoms with E-state index in [2.05, 4.69) is 10.0 Å². The summed E-state index contributed by atoms with van der Waals surface area (Å²) in [7, 11) is -3.73. The van der Waals surface area contributed by atoms with Gasteiger partial charge in [-0.2, -0.15) is 0 Å². The Morgan fingerprint density at radius 3 is 2.62 bits per heavy atom. The van der Waals surface area contributed by atoms with Crippen molar-refractivity contribution >= 4 is 33.2 Å². The molecule has 0 fully saturated rings. The first-order valence-corrected chi connectivity index (χ1v) is 11.1. The first-order chi connectivity index (χ1) is 13.8. The van der Waals surface area contributed by atoms with Crippen LogP contribution in [0.3, 0.4) is 0 Å². The van der Waals surface area contributed by atoms with E-state index in [0.29, 0.717) is 13.0 Å². The van der Waals surface area contributed by atoms with Crippen molar-refractivity contribution in [1.29, 1.82) is 0 Å². The van der Waals surface area contributed by atoms with Crippen molar-refractivity contribution in [3.05, 3.63) is 53.6 Å². The molecular weight excluding hydrogens is 390 g/mol. The summed E-state index contributed by atoms with van der Waals surface area (Å²) in [6.07, 6.45) is 1.44. The summed E-state index contributed by atoms with van der Waals surface area (Å²) in [5, 5.41) is 2.83. The zero-order chi connectivity index (χ0) is 21.0. The molecule has 0 unspecified atom stereocenters. The van der Waals surface area contributed by atoms with Gasteiger partial charge in [0.1, 0.15) is 0 Å². The average molecular weight is 416 g/mol. The predicted molar refractivity (Wildman–Crippen MR) is 112 cm³/mol. The third-order valence-electron chi connectivity index (χ3n) is 4.95. The molecular formula is C21H25N3O4S. The van der Waals surface area contributed by atoms with Crippen LogP contribution in [0.5, 0.6) is 0 Å². The van der Waals surface area contributed by atoms with Gasteiger partial charge < -0.3 is 10.2 Å². The number of anilines is 2. The predicted octanol–water partition coefficient (Wildman–Crippen LogP) is 2.47. The molecule has 0 bridgehead atoms. The lowest BCUT2D eigenvalue weighted by atomic mass is 10.1. The number of nitrogens with zero attached hydrogens (tertiary/aromatic N) is 1. The van der Waals surface area contributed by atoms with Crippen LogP contribution in [0.2, 0.25) is 0 Å². The Balaban J connectivity index is 1.59. The molecule has 154 valence electrons. The van der Waals surface area contributed by atoms with Crippen molar-refractivity contribution in [2.75, 3.05) is 23.3 Å². The first kappa shape index (κ1) is 21.0. The molecule has 1 aliphatic rings. The van der Waals surface area contributed by atoms with Gasteiger partial charge in [-0.3, -0.25) is 9.59 Å². The van der Waals surface area contributed by atoms with Crippen LogP contribution in [0.1, 0.15) is 31.4 Å². The Labute approximate surface area is 171 Å². The van der Waals surface area contributed by atoms with Gasteiger partial charge in [-0.05, 0) is 48.2 Å². The fraction of sp³-hybridized carbons (Fsp3) is 0.333. The maximum absolute atomic E-state index is 12.6. The van der Waals surface area contributed by atoms with Crippen LogP contribution < -0.4 is 14.9 Å². The molecule has 29 heavy (non-hydrogen) atoms. The molecule has 1 heterocycles. The molecule has 0 spiro atoms. The van der Waals surface area contributed by atoms with Gasteiger partial charge in [0.15, 0.2) is 0 Å². The lowest BCUT2D eigenvalue weighted by Gasteiger charge is -2.15. The fourth-order valence-electron chi connectivity index (χ4n) is 3.42. The molecule has 0 atom stereocenters. The summed E-state index contributed by atoms with van der Waals surface area (Å²) in [4.78, 5) is 25.6. The van der Waals surface area contributed by atoms with Crippen LogP contribution in [0, 0.1) is 0 Å². The number of carbonyl (C=O) groups is 2. The van der Waals surface area contributed by atoms with Crippen molar-refractivity contribution in [2.45, 2.75) is 38.0 Å². The van der Waals surface area contributed by atoms with Crippen LogP contribution in [0.15, 0.2) is 47.4 Å². The van der Waals surface area contributed by atoms with E-state index in [4.69, 9.17) is 0 Å². The molecule has 2 aromatic carbocycles. The number of nitrogens with one attached hydrogen (secondary N) is 2. The summed E-state index contributed by atoms with van der Waals surface area (Å²) >= 11 is 0. The van der Waals surface area contributed by atoms with E-state index >= 15 is 0 Å². The quantitative estimate of drug-likeness (QED) is 0.726. The molecule has 3 rings (SSSR count). The number of carbonyl (C=O) groups excluding carboxylic acids is 2. The molecule has 2 N–H and O–H groups in total. The highest BCUT2D eigenvalue weighted by Crippen LogP contribution is 2.30. The lowest BCUT2D eigenvalue weighted by molar-refractivity contribution is -0.117. The van der Waals surface area contributed by atoms with Gasteiger partial charge in [0.05, 0.1) is 4.90 Å². The number of rotatable bonds is 7. The molecule has 0 aromatic heterocycles. The van der Waals surface area contributed by atoms with E-state index < -0.39 is 10.0 Å². The van der Waals surface area contributed by atoms with Crippen molar-refractivity contribution in [1.82, 2.24) is 4.72 Å². The molecule has 2 amide bonds. The number of fused-ring (bicyclic) bond motifs is 1. The van der Waals surface area contributed by atoms with Crippen LogP contribution in [0.25, 0.3) is 0 Å². The Hall–Kier alpha value is -2.71. The van der Waals surface area contributed by atoms with Gasteiger partial charge >= 0.3 is 0 Å². The first-order valence-electron chi connectivity index (χ1n) is 9.60. The lowest BCUT2D eigenvalue weighted by Crippen LogP contribution is -2.28. The standard InChI is InChI=1S/C21H25N3O4S/c1-3-16-6-4-5-7-19(16)23-21(26)10-12-22-29(27,28)18-8-9-20-17(14-18)11-13-24(20)15(2)25/h4-9,14,22H,3,10-13H2,1-2H3,(H,23,26). The third-order valence-corrected chi connectivity index (χ3v) is 6.41. The number of sulfonamides is 1. The molecule has 0 saturated carbocycles. The smallest absolute Gasteiger partial charge is 0.240 e. The maximum atomic E-state index is 12.6. The van der Waals surface area contributed by atoms with E-state index in [1.165, 1.54) is 13.0 Å². The number of aryl methyl sites for hydroxylation is 1. The minimum absolute atomic E-state index is 0.000879. The van der Waals surface area contributed by atoms with E-state index in [-0.39, 0.29) is 29.7 Å². The second kappa shape index (κ2) is 8.75. The Morgan fingerprint density at radius 1 is 1.14 bits per heavy atom. The van der Waals surface area contributed by atoms with E-state index in [9.17, 15) is 18.0 Å². The second-order valence-corrected chi connectivity index (χ2v) is 8.68. The topological polar surface area (TPSA) is 95.6 Å². The molecule has 1 aliphatic heterocycles. The molecule has 0 radical (unpaired) electrons. The maximum Gasteiger partial charge on any atom is 0.240 e. The summed E-state index contributed by atoms with van der Waals surface area (Å²) in [5.74, 6) is -0.312. The largest absolute Gasteiger partial charge is 0.326 e. The zero-order valence-corrected chi connectivity index (χ0v) is 17.4. The summed E-state index contributed by atoms with van der Waals surface area (Å²) in [5.41, 5.74) is 3.36. The van der Waals surface area contributed by atoms with Crippen molar-refractivity contribution in [2.24, 2.45) is 0 Å². The van der Waals surface area contributed by atoms with Crippen LogP contribution in [0.4, 0.5) is 11.4 Å². The fourth-order valence-corrected chi connectivity index (χ4v) is 4.50. The van der Waals surface area contributed by atoms with Crippen LogP contribution in [-0.2, 0) is 32.5 Å². The average Bonchev–Trinajstić information content (AvgIpc) is 3.12. The van der Waals surface area contributed by atoms with Crippen LogP contribution >= 0.6 is 0 Å². The van der Waals surface area contributed by atoms with Crippen LogP contribution in [-0.4, -0.2) is 33.3 Å². The molecule has 7 nitrogen and oxygen atoms in total. The Bertz CT molecular complexity index is 1030. The van der Waals surface area contributed by atoms with Gasteiger partial charge in [0.25, 0.3) is 0 Å². The van der Waals surface area contributed by atoms with Gasteiger partial charge in [0.2, 0.25) is 21.8 Å². The minimum atomic E-state index is -3.73. The number of hydrogen-bond donors (Lipinski definition) is 2. The SMILES string of the molecule is CCc1ccccc1NC(=O)CCNS(=O)(=O)c1ccc2c(c1)CCN2C(C)=O. The van der Waals surface area contributed by atoms with Gasteiger partial charge in [-0.25, -0.2) is 13.1 Å². The Morgan fingerprint density at radius 2 is 1.90 bits per heavy atom. The number of amides is 2. The summed E-state index contributed by atoms with van der Waals surface area (Å²) in [6.45, 7) is 4.05. The summed E-state index contributed by atoms with van der Waals surface area (Å²) in [6, 6.07) is 12.3. The molecule has 8 heteroatoms. The van der Waals surface area contributed by atoms with Gasteiger partial charge in [0, 0.05) is 37.8 Å².